The Morgan fingerprint density at radius 1 is 0.571 bits per heavy atom. The van der Waals surface area contributed by atoms with Gasteiger partial charge in [0.1, 0.15) is 5.58 Å². The molecule has 0 unspecified atom stereocenters. The van der Waals surface area contributed by atoms with Crippen molar-refractivity contribution < 1.29 is 4.42 Å². The average molecular weight is 564 g/mol. The van der Waals surface area contributed by atoms with Crippen molar-refractivity contribution in [3.05, 3.63) is 163 Å². The van der Waals surface area contributed by atoms with Crippen molar-refractivity contribution in [1.82, 2.24) is 4.57 Å². The molecule has 0 radical (unpaired) electrons. The van der Waals surface area contributed by atoms with E-state index in [0.717, 1.165) is 33.2 Å². The maximum absolute atomic E-state index is 6.37. The summed E-state index contributed by atoms with van der Waals surface area (Å²) >= 11 is 6.37. The summed E-state index contributed by atoms with van der Waals surface area (Å²) in [6, 6.07) is 50.1. The highest BCUT2D eigenvalue weighted by Crippen LogP contribution is 2.38. The highest BCUT2D eigenvalue weighted by atomic mass is 35.5. The van der Waals surface area contributed by atoms with E-state index >= 15 is 0 Å². The Balaban J connectivity index is 0.000000306. The molecular formula is C39H30ClNO. The van der Waals surface area contributed by atoms with E-state index in [1.807, 2.05) is 61.5 Å². The first-order valence-corrected chi connectivity index (χ1v) is 14.3. The molecule has 0 fully saturated rings. The number of benzene rings is 6. The van der Waals surface area contributed by atoms with Crippen LogP contribution in [0.3, 0.4) is 0 Å². The minimum absolute atomic E-state index is 0.638. The second kappa shape index (κ2) is 12.2. The maximum atomic E-state index is 6.37. The van der Waals surface area contributed by atoms with Crippen LogP contribution in [0.1, 0.15) is 6.92 Å². The van der Waals surface area contributed by atoms with Gasteiger partial charge in [0, 0.05) is 27.2 Å². The van der Waals surface area contributed by atoms with Crippen LogP contribution < -0.4 is 0 Å². The van der Waals surface area contributed by atoms with Gasteiger partial charge in [-0.25, -0.2) is 0 Å². The molecule has 0 saturated carbocycles. The van der Waals surface area contributed by atoms with Crippen LogP contribution in [0.15, 0.2) is 163 Å². The van der Waals surface area contributed by atoms with E-state index in [0.29, 0.717) is 5.02 Å². The summed E-state index contributed by atoms with van der Waals surface area (Å²) in [6.45, 7) is 5.25. The lowest BCUT2D eigenvalue weighted by molar-refractivity contribution is 0.669. The fraction of sp³-hybridized carbons (Fsp3) is 0.0256. The first kappa shape index (κ1) is 27.1. The van der Waals surface area contributed by atoms with Crippen LogP contribution in [0.5, 0.6) is 0 Å². The number of halogens is 1. The van der Waals surface area contributed by atoms with Crippen molar-refractivity contribution in [3.8, 4) is 16.8 Å². The Kier molecular flexibility index (Phi) is 7.89. The molecule has 3 heteroatoms. The molecule has 0 saturated heterocycles. The van der Waals surface area contributed by atoms with Gasteiger partial charge in [-0.2, -0.15) is 0 Å². The van der Waals surface area contributed by atoms with Crippen LogP contribution in [0.25, 0.3) is 60.6 Å². The second-order valence-corrected chi connectivity index (χ2v) is 10.3. The Labute approximate surface area is 250 Å². The van der Waals surface area contributed by atoms with Crippen molar-refractivity contribution in [2.75, 3.05) is 0 Å². The fourth-order valence-electron chi connectivity index (χ4n) is 5.33. The van der Waals surface area contributed by atoms with Crippen molar-refractivity contribution in [2.24, 2.45) is 0 Å². The van der Waals surface area contributed by atoms with Gasteiger partial charge >= 0.3 is 0 Å². The molecule has 6 aromatic carbocycles. The maximum Gasteiger partial charge on any atom is 0.153 e. The highest BCUT2D eigenvalue weighted by Gasteiger charge is 2.14. The first-order valence-electron chi connectivity index (χ1n) is 14.0. The van der Waals surface area contributed by atoms with E-state index in [-0.39, 0.29) is 0 Å². The summed E-state index contributed by atoms with van der Waals surface area (Å²) in [6.07, 6.45) is 1.75. The largest absolute Gasteiger partial charge is 0.454 e. The van der Waals surface area contributed by atoms with Gasteiger partial charge in [0.2, 0.25) is 0 Å². The summed E-state index contributed by atoms with van der Waals surface area (Å²) < 4.78 is 8.37. The molecule has 0 aliphatic carbocycles. The van der Waals surface area contributed by atoms with Gasteiger partial charge in [-0.15, -0.1) is 6.58 Å². The molecule has 0 atom stereocenters. The fourth-order valence-corrected chi connectivity index (χ4v) is 5.55. The molecule has 0 amide bonds. The number of fused-ring (bicyclic) bond motifs is 6. The van der Waals surface area contributed by atoms with Gasteiger partial charge in [0.25, 0.3) is 0 Å². The minimum atomic E-state index is 0.638. The molecule has 0 aliphatic heterocycles. The first-order chi connectivity index (χ1) is 20.7. The van der Waals surface area contributed by atoms with Crippen molar-refractivity contribution in [3.63, 3.8) is 0 Å². The van der Waals surface area contributed by atoms with Crippen LogP contribution in [0.4, 0.5) is 0 Å². The zero-order chi connectivity index (χ0) is 28.9. The second-order valence-electron chi connectivity index (χ2n) is 9.91. The van der Waals surface area contributed by atoms with Crippen molar-refractivity contribution in [1.29, 1.82) is 0 Å². The topological polar surface area (TPSA) is 18.1 Å². The molecule has 8 rings (SSSR count). The summed E-state index contributed by atoms with van der Waals surface area (Å²) in [7, 11) is 0. The van der Waals surface area contributed by atoms with Gasteiger partial charge < -0.3 is 8.98 Å². The molecule has 204 valence electrons. The Bertz CT molecular complexity index is 2090. The predicted molar refractivity (Wildman–Crippen MR) is 181 cm³/mol. The molecule has 2 heterocycles. The number of aromatic nitrogens is 1. The quantitative estimate of drug-likeness (QED) is 0.191. The monoisotopic (exact) mass is 563 g/mol. The van der Waals surface area contributed by atoms with E-state index in [9.17, 15) is 0 Å². The summed E-state index contributed by atoms with van der Waals surface area (Å²) in [5.74, 6) is 0. The molecule has 8 aromatic rings. The Morgan fingerprint density at radius 3 is 1.88 bits per heavy atom. The Hall–Kier alpha value is -5.05. The van der Waals surface area contributed by atoms with Gasteiger partial charge in [0.15, 0.2) is 5.58 Å². The smallest absolute Gasteiger partial charge is 0.153 e. The van der Waals surface area contributed by atoms with Gasteiger partial charge in [-0.3, -0.25) is 0 Å². The SMILES string of the molecule is C=CC.Clc1cccc2c1oc1ccc(-c3ccc4c5ccccc5n(-c5ccccc5)c4c3)cc12.c1ccccc1. The number of nitrogens with zero attached hydrogens (tertiary/aromatic N) is 1. The van der Waals surface area contributed by atoms with E-state index in [4.69, 9.17) is 16.0 Å². The van der Waals surface area contributed by atoms with Gasteiger partial charge in [-0.1, -0.05) is 121 Å². The van der Waals surface area contributed by atoms with E-state index < -0.39 is 0 Å². The molecule has 0 bridgehead atoms. The third-order valence-electron chi connectivity index (χ3n) is 7.14. The lowest BCUT2D eigenvalue weighted by Gasteiger charge is -2.09. The number of para-hydroxylation sites is 3. The van der Waals surface area contributed by atoms with Crippen LogP contribution in [0, 0.1) is 0 Å². The molecule has 0 N–H and O–H groups in total. The van der Waals surface area contributed by atoms with Crippen molar-refractivity contribution in [2.45, 2.75) is 6.92 Å². The van der Waals surface area contributed by atoms with E-state index in [1.165, 1.54) is 27.4 Å². The third kappa shape index (κ3) is 5.21. The zero-order valence-electron chi connectivity index (χ0n) is 23.4. The normalized spacial score (nSPS) is 10.7. The number of furan rings is 1. The molecule has 0 spiro atoms. The lowest BCUT2D eigenvalue weighted by Crippen LogP contribution is -1.93. The number of allylic oxidation sites excluding steroid dienone is 1. The molecule has 42 heavy (non-hydrogen) atoms. The van der Waals surface area contributed by atoms with Crippen LogP contribution in [-0.4, -0.2) is 4.57 Å². The summed E-state index contributed by atoms with van der Waals surface area (Å²) in [5.41, 5.74) is 7.47. The Morgan fingerprint density at radius 2 is 1.14 bits per heavy atom. The summed E-state index contributed by atoms with van der Waals surface area (Å²) in [4.78, 5) is 0. The lowest BCUT2D eigenvalue weighted by atomic mass is 10.0. The molecule has 2 nitrogen and oxygen atoms in total. The van der Waals surface area contributed by atoms with Crippen LogP contribution in [0.2, 0.25) is 5.02 Å². The van der Waals surface area contributed by atoms with E-state index in [1.54, 1.807) is 6.08 Å². The van der Waals surface area contributed by atoms with Crippen molar-refractivity contribution >= 4 is 55.3 Å². The molecular weight excluding hydrogens is 534 g/mol. The molecule has 0 aliphatic rings. The summed E-state index contributed by atoms with van der Waals surface area (Å²) in [5, 5.41) is 5.26. The van der Waals surface area contributed by atoms with Gasteiger partial charge in [-0.05, 0) is 60.5 Å². The van der Waals surface area contributed by atoms with Gasteiger partial charge in [0.05, 0.1) is 16.1 Å². The number of hydrogen-bond acceptors (Lipinski definition) is 1. The van der Waals surface area contributed by atoms with E-state index in [2.05, 4.69) is 102 Å². The van der Waals surface area contributed by atoms with Crippen LogP contribution in [-0.2, 0) is 0 Å². The average Bonchev–Trinajstić information content (AvgIpc) is 3.59. The standard InChI is InChI=1S/C30H18ClNO.C6H6.C3H6/c31-26-11-6-10-24-25-17-19(14-16-29(25)33-30(24)26)20-13-15-23-22-9-4-5-12-27(22)32(28(23)18-20)21-7-2-1-3-8-21;1-2-4-6-5-3-1;1-3-2/h1-18H;1-6H;3H,1H2,2H3. The predicted octanol–water partition coefficient (Wildman–Crippen LogP) is 11.9. The van der Waals surface area contributed by atoms with Crippen LogP contribution >= 0.6 is 11.6 Å². The minimum Gasteiger partial charge on any atom is -0.454 e. The molecule has 2 aromatic heterocycles. The third-order valence-corrected chi connectivity index (χ3v) is 7.43. The number of hydrogen-bond donors (Lipinski definition) is 0. The highest BCUT2D eigenvalue weighted by molar-refractivity contribution is 6.35. The zero-order valence-corrected chi connectivity index (χ0v) is 24.1. The number of rotatable bonds is 2.